The second-order valence-corrected chi connectivity index (χ2v) is 6.16. The van der Waals surface area contributed by atoms with Gasteiger partial charge in [-0.3, -0.25) is 4.79 Å². The zero-order valence-corrected chi connectivity index (χ0v) is 12.9. The lowest BCUT2D eigenvalue weighted by Crippen LogP contribution is -3.12. The molecule has 1 saturated heterocycles. The van der Waals surface area contributed by atoms with Crippen molar-refractivity contribution in [3.63, 3.8) is 0 Å². The van der Waals surface area contributed by atoms with Gasteiger partial charge >= 0.3 is 0 Å². The third-order valence-electron chi connectivity index (χ3n) is 4.70. The fraction of sp³-hybridized carbons (Fsp3) is 0.500. The number of fused-ring (bicyclic) bond motifs is 1. The minimum atomic E-state index is 0.284. The van der Waals surface area contributed by atoms with Gasteiger partial charge in [0.1, 0.15) is 6.54 Å². The highest BCUT2D eigenvalue weighted by molar-refractivity contribution is 6.08. The summed E-state index contributed by atoms with van der Waals surface area (Å²) in [5, 5.41) is 1.09. The van der Waals surface area contributed by atoms with Gasteiger partial charge in [-0.15, -0.1) is 0 Å². The van der Waals surface area contributed by atoms with Crippen LogP contribution < -0.4 is 4.90 Å². The fourth-order valence-corrected chi connectivity index (χ4v) is 3.47. The molecule has 2 N–H and O–H groups in total. The third-order valence-corrected chi connectivity index (χ3v) is 4.70. The highest BCUT2D eigenvalue weighted by Crippen LogP contribution is 2.22. The molecule has 1 fully saturated rings. The average Bonchev–Trinajstić information content (AvgIpc) is 2.78. The molecule has 21 heavy (non-hydrogen) atoms. The Hall–Kier alpha value is -1.61. The molecule has 1 aliphatic heterocycles. The maximum atomic E-state index is 12.7. The molecule has 2 heterocycles. The van der Waals surface area contributed by atoms with Gasteiger partial charge in [0.15, 0.2) is 0 Å². The second kappa shape index (κ2) is 6.44. The summed E-state index contributed by atoms with van der Waals surface area (Å²) in [5.41, 5.74) is 3.29. The van der Waals surface area contributed by atoms with Crippen LogP contribution in [0, 0.1) is 0 Å². The maximum Gasteiger partial charge on any atom is 0.219 e. The van der Waals surface area contributed by atoms with E-state index in [0.717, 1.165) is 36.0 Å². The molecule has 1 aromatic carbocycles. The number of nitrogens with one attached hydrogen (secondary N) is 2. The Labute approximate surface area is 126 Å². The van der Waals surface area contributed by atoms with Gasteiger partial charge in [-0.2, -0.15) is 0 Å². The number of quaternary nitrogens is 1. The summed E-state index contributed by atoms with van der Waals surface area (Å²) in [6.45, 7) is 5.09. The van der Waals surface area contributed by atoms with E-state index in [2.05, 4.69) is 30.1 Å². The summed E-state index contributed by atoms with van der Waals surface area (Å²) in [6.07, 6.45) is 8.06. The molecular formula is C18H25N2O+. The van der Waals surface area contributed by atoms with Crippen LogP contribution in [0.4, 0.5) is 0 Å². The van der Waals surface area contributed by atoms with E-state index in [1.165, 1.54) is 36.1 Å². The van der Waals surface area contributed by atoms with Crippen molar-refractivity contribution in [2.75, 3.05) is 19.6 Å². The number of H-pyrrole nitrogens is 1. The first-order valence-corrected chi connectivity index (χ1v) is 8.25. The molecule has 0 saturated carbocycles. The van der Waals surface area contributed by atoms with E-state index in [1.807, 2.05) is 6.20 Å². The normalized spacial score (nSPS) is 17.0. The van der Waals surface area contributed by atoms with Crippen LogP contribution in [0.5, 0.6) is 0 Å². The molecule has 2 aromatic rings. The van der Waals surface area contributed by atoms with Crippen LogP contribution >= 0.6 is 0 Å². The van der Waals surface area contributed by atoms with Crippen molar-refractivity contribution < 1.29 is 9.69 Å². The third kappa shape index (κ3) is 3.03. The number of aryl methyl sites for hydroxylation is 1. The number of carbonyl (C=O) groups excluding carboxylic acids is 1. The predicted octanol–water partition coefficient (Wildman–Crippen LogP) is 2.37. The Morgan fingerprint density at radius 1 is 1.19 bits per heavy atom. The maximum absolute atomic E-state index is 12.7. The molecule has 0 unspecified atom stereocenters. The number of hydrogen-bond acceptors (Lipinski definition) is 1. The lowest BCUT2D eigenvalue weighted by molar-refractivity contribution is -0.890. The number of aromatic amines is 1. The van der Waals surface area contributed by atoms with E-state index in [9.17, 15) is 4.79 Å². The number of para-hydroxylation sites is 1. The van der Waals surface area contributed by atoms with Crippen LogP contribution in [0.3, 0.4) is 0 Å². The van der Waals surface area contributed by atoms with Gasteiger partial charge in [-0.25, -0.2) is 0 Å². The average molecular weight is 285 g/mol. The van der Waals surface area contributed by atoms with Crippen LogP contribution in [-0.2, 0) is 6.42 Å². The molecule has 3 heteroatoms. The smallest absolute Gasteiger partial charge is 0.219 e. The number of ketones is 1. The van der Waals surface area contributed by atoms with Crippen molar-refractivity contribution in [3.05, 3.63) is 35.5 Å². The van der Waals surface area contributed by atoms with E-state index in [1.54, 1.807) is 0 Å². The minimum absolute atomic E-state index is 0.284. The summed E-state index contributed by atoms with van der Waals surface area (Å²) >= 11 is 0. The Morgan fingerprint density at radius 2 is 1.95 bits per heavy atom. The molecule has 112 valence electrons. The molecule has 0 spiro atoms. The van der Waals surface area contributed by atoms with Crippen molar-refractivity contribution in [1.82, 2.24) is 4.98 Å². The van der Waals surface area contributed by atoms with E-state index in [0.29, 0.717) is 6.54 Å². The van der Waals surface area contributed by atoms with Crippen molar-refractivity contribution in [3.8, 4) is 0 Å². The Morgan fingerprint density at radius 3 is 2.67 bits per heavy atom. The van der Waals surface area contributed by atoms with Crippen molar-refractivity contribution in [1.29, 1.82) is 0 Å². The van der Waals surface area contributed by atoms with Gasteiger partial charge in [0.25, 0.3) is 0 Å². The second-order valence-electron chi connectivity index (χ2n) is 6.16. The molecule has 0 amide bonds. The molecule has 0 atom stereocenters. The number of hydrogen-bond donors (Lipinski definition) is 2. The summed E-state index contributed by atoms with van der Waals surface area (Å²) in [7, 11) is 0. The number of Topliss-reactive ketones (excluding diaryl/α,β-unsaturated/α-hetero) is 1. The number of aromatic nitrogens is 1. The topological polar surface area (TPSA) is 37.3 Å². The van der Waals surface area contributed by atoms with Gasteiger partial charge in [0.2, 0.25) is 5.78 Å². The van der Waals surface area contributed by atoms with Gasteiger partial charge in [-0.1, -0.05) is 25.1 Å². The van der Waals surface area contributed by atoms with Gasteiger partial charge in [0, 0.05) is 22.7 Å². The van der Waals surface area contributed by atoms with Gasteiger partial charge < -0.3 is 9.88 Å². The van der Waals surface area contributed by atoms with Crippen molar-refractivity contribution in [2.24, 2.45) is 0 Å². The first-order valence-electron chi connectivity index (χ1n) is 8.25. The molecule has 3 nitrogen and oxygen atoms in total. The molecule has 1 aromatic heterocycles. The van der Waals surface area contributed by atoms with Crippen LogP contribution in [0.25, 0.3) is 10.9 Å². The number of carbonyl (C=O) groups is 1. The molecule has 0 aliphatic carbocycles. The Balaban J connectivity index is 1.81. The number of likely N-dealkylation sites (tertiary alicyclic amines) is 1. The lowest BCUT2D eigenvalue weighted by atomic mass is 10.0. The molecular weight excluding hydrogens is 260 g/mol. The zero-order valence-electron chi connectivity index (χ0n) is 12.9. The zero-order chi connectivity index (χ0) is 14.7. The summed E-state index contributed by atoms with van der Waals surface area (Å²) in [5.74, 6) is 0.284. The highest BCUT2D eigenvalue weighted by atomic mass is 16.1. The SMILES string of the molecule is CCc1cccc2c(C(=O)C[NH+]3CCCCCC3)c[nH]c12. The Bertz CT molecular complexity index is 621. The largest absolute Gasteiger partial charge is 0.360 e. The molecule has 0 radical (unpaired) electrons. The van der Waals surface area contributed by atoms with Gasteiger partial charge in [0.05, 0.1) is 13.1 Å². The van der Waals surface area contributed by atoms with Crippen molar-refractivity contribution >= 4 is 16.7 Å². The summed E-state index contributed by atoms with van der Waals surface area (Å²) in [6, 6.07) is 6.26. The molecule has 1 aliphatic rings. The van der Waals surface area contributed by atoms with Gasteiger partial charge in [-0.05, 0) is 37.7 Å². The van der Waals surface area contributed by atoms with Crippen LogP contribution in [0.15, 0.2) is 24.4 Å². The van der Waals surface area contributed by atoms with Crippen LogP contribution in [0.2, 0.25) is 0 Å². The monoisotopic (exact) mass is 285 g/mol. The van der Waals surface area contributed by atoms with E-state index < -0.39 is 0 Å². The molecule has 0 bridgehead atoms. The summed E-state index contributed by atoms with van der Waals surface area (Å²) in [4.78, 5) is 17.4. The quantitative estimate of drug-likeness (QED) is 0.832. The van der Waals surface area contributed by atoms with E-state index in [4.69, 9.17) is 0 Å². The predicted molar refractivity (Wildman–Crippen MR) is 86.0 cm³/mol. The van der Waals surface area contributed by atoms with E-state index in [-0.39, 0.29) is 5.78 Å². The fourth-order valence-electron chi connectivity index (χ4n) is 3.47. The van der Waals surface area contributed by atoms with Crippen LogP contribution in [-0.4, -0.2) is 30.4 Å². The van der Waals surface area contributed by atoms with E-state index >= 15 is 0 Å². The highest BCUT2D eigenvalue weighted by Gasteiger charge is 2.20. The molecule has 3 rings (SSSR count). The minimum Gasteiger partial charge on any atom is -0.360 e. The van der Waals surface area contributed by atoms with Crippen molar-refractivity contribution in [2.45, 2.75) is 39.0 Å². The number of rotatable bonds is 4. The Kier molecular flexibility index (Phi) is 4.39. The first-order chi connectivity index (χ1) is 10.3. The lowest BCUT2D eigenvalue weighted by Gasteiger charge is -2.15. The number of benzene rings is 1. The summed E-state index contributed by atoms with van der Waals surface area (Å²) < 4.78 is 0. The van der Waals surface area contributed by atoms with Crippen LogP contribution in [0.1, 0.15) is 48.5 Å². The first kappa shape index (κ1) is 14.3. The standard InChI is InChI=1S/C18H24N2O/c1-2-14-8-7-9-15-16(12-19-18(14)15)17(21)13-20-10-5-3-4-6-11-20/h7-9,12,19H,2-6,10-11,13H2,1H3/p+1.